The van der Waals surface area contributed by atoms with Gasteiger partial charge in [0.1, 0.15) is 0 Å². The number of aromatic nitrogens is 3. The van der Waals surface area contributed by atoms with Crippen LogP contribution in [0.25, 0.3) is 22.4 Å². The van der Waals surface area contributed by atoms with Crippen LogP contribution in [-0.4, -0.2) is 21.7 Å². The quantitative estimate of drug-likeness (QED) is 0.755. The van der Waals surface area contributed by atoms with Gasteiger partial charge in [0.05, 0.1) is 5.52 Å². The molecule has 3 aromatic rings. The maximum Gasteiger partial charge on any atom is 0.248 e. The largest absolute Gasteiger partial charge is 0.421 e. The Labute approximate surface area is 104 Å². The van der Waals surface area contributed by atoms with Crippen LogP contribution < -0.4 is 5.73 Å². The predicted octanol–water partition coefficient (Wildman–Crippen LogP) is 1.79. The first-order valence-corrected chi connectivity index (χ1v) is 5.75. The number of hydrogen-bond acceptors (Lipinski definition) is 5. The van der Waals surface area contributed by atoms with Gasteiger partial charge in [0.25, 0.3) is 0 Å². The van der Waals surface area contributed by atoms with Gasteiger partial charge in [-0.15, -0.1) is 10.2 Å². The number of hydrogen-bond donors (Lipinski definition) is 1. The van der Waals surface area contributed by atoms with Crippen molar-refractivity contribution in [1.29, 1.82) is 0 Å². The van der Waals surface area contributed by atoms with Crippen molar-refractivity contribution in [2.75, 3.05) is 6.54 Å². The minimum absolute atomic E-state index is 0.499. The second kappa shape index (κ2) is 4.54. The highest BCUT2D eigenvalue weighted by Crippen LogP contribution is 2.26. The number of fused-ring (bicyclic) bond motifs is 1. The van der Waals surface area contributed by atoms with E-state index in [2.05, 4.69) is 15.2 Å². The molecule has 0 aliphatic heterocycles. The third-order valence-corrected chi connectivity index (χ3v) is 2.70. The van der Waals surface area contributed by atoms with Gasteiger partial charge in [-0.25, -0.2) is 0 Å². The van der Waals surface area contributed by atoms with Crippen molar-refractivity contribution in [3.8, 4) is 11.5 Å². The fraction of sp³-hybridized carbons (Fsp3) is 0.154. The summed E-state index contributed by atoms with van der Waals surface area (Å²) in [6.07, 6.45) is 2.36. The molecule has 90 valence electrons. The SMILES string of the molecule is NCCc1nnc(-c2cccc3ncccc23)o1. The van der Waals surface area contributed by atoms with Crippen LogP contribution in [0.4, 0.5) is 0 Å². The molecule has 3 rings (SSSR count). The topological polar surface area (TPSA) is 77.8 Å². The molecule has 0 spiro atoms. The van der Waals surface area contributed by atoms with E-state index in [1.165, 1.54) is 0 Å². The molecule has 2 aromatic heterocycles. The summed E-state index contributed by atoms with van der Waals surface area (Å²) in [6.45, 7) is 0.499. The summed E-state index contributed by atoms with van der Waals surface area (Å²) in [5.74, 6) is 1.07. The Bertz CT molecular complexity index is 672. The summed E-state index contributed by atoms with van der Waals surface area (Å²) in [7, 11) is 0. The maximum absolute atomic E-state index is 5.59. The van der Waals surface area contributed by atoms with Crippen LogP contribution in [0.15, 0.2) is 40.9 Å². The molecule has 0 atom stereocenters. The van der Waals surface area contributed by atoms with E-state index < -0.39 is 0 Å². The molecular formula is C13H12N4O. The Morgan fingerprint density at radius 3 is 2.94 bits per heavy atom. The molecule has 0 unspecified atom stereocenters. The van der Waals surface area contributed by atoms with Crippen LogP contribution in [-0.2, 0) is 6.42 Å². The first-order chi connectivity index (χ1) is 8.88. The lowest BCUT2D eigenvalue weighted by Gasteiger charge is -2.00. The van der Waals surface area contributed by atoms with Crippen molar-refractivity contribution >= 4 is 10.9 Å². The van der Waals surface area contributed by atoms with Crippen LogP contribution in [0.1, 0.15) is 5.89 Å². The van der Waals surface area contributed by atoms with Crippen molar-refractivity contribution < 1.29 is 4.42 Å². The molecule has 5 heteroatoms. The van der Waals surface area contributed by atoms with Gasteiger partial charge in [-0.1, -0.05) is 12.1 Å². The van der Waals surface area contributed by atoms with Crippen LogP contribution in [0.3, 0.4) is 0 Å². The van der Waals surface area contributed by atoms with Gasteiger partial charge in [0.15, 0.2) is 0 Å². The predicted molar refractivity (Wildman–Crippen MR) is 67.8 cm³/mol. The van der Waals surface area contributed by atoms with Crippen molar-refractivity contribution in [2.24, 2.45) is 5.73 Å². The highest BCUT2D eigenvalue weighted by atomic mass is 16.4. The van der Waals surface area contributed by atoms with Gasteiger partial charge in [-0.05, 0) is 18.2 Å². The smallest absolute Gasteiger partial charge is 0.248 e. The minimum Gasteiger partial charge on any atom is -0.421 e. The fourth-order valence-electron chi connectivity index (χ4n) is 1.88. The van der Waals surface area contributed by atoms with Gasteiger partial charge >= 0.3 is 0 Å². The molecule has 0 amide bonds. The molecule has 0 saturated carbocycles. The highest BCUT2D eigenvalue weighted by molar-refractivity contribution is 5.92. The van der Waals surface area contributed by atoms with E-state index in [0.29, 0.717) is 24.7 Å². The summed E-state index contributed by atoms with van der Waals surface area (Å²) in [4.78, 5) is 4.30. The van der Waals surface area contributed by atoms with Gasteiger partial charge in [0, 0.05) is 30.1 Å². The van der Waals surface area contributed by atoms with Gasteiger partial charge in [0.2, 0.25) is 11.8 Å². The molecule has 18 heavy (non-hydrogen) atoms. The molecular weight excluding hydrogens is 228 g/mol. The normalized spacial score (nSPS) is 10.9. The van der Waals surface area contributed by atoms with Crippen LogP contribution in [0, 0.1) is 0 Å². The summed E-state index contributed by atoms with van der Waals surface area (Å²) in [5.41, 5.74) is 7.27. The average molecular weight is 240 g/mol. The molecule has 0 radical (unpaired) electrons. The number of nitrogens with two attached hydrogens (primary N) is 1. The molecule has 0 fully saturated rings. The summed E-state index contributed by atoms with van der Waals surface area (Å²) < 4.78 is 5.59. The third kappa shape index (κ3) is 1.84. The van der Waals surface area contributed by atoms with Crippen molar-refractivity contribution in [1.82, 2.24) is 15.2 Å². The molecule has 1 aromatic carbocycles. The Morgan fingerprint density at radius 2 is 2.06 bits per heavy atom. The Kier molecular flexibility index (Phi) is 2.74. The third-order valence-electron chi connectivity index (χ3n) is 2.70. The molecule has 0 bridgehead atoms. The minimum atomic E-state index is 0.499. The average Bonchev–Trinajstić information content (AvgIpc) is 2.87. The van der Waals surface area contributed by atoms with Crippen molar-refractivity contribution in [2.45, 2.75) is 6.42 Å². The number of nitrogens with zero attached hydrogens (tertiary/aromatic N) is 3. The van der Waals surface area contributed by atoms with Crippen LogP contribution in [0.2, 0.25) is 0 Å². The molecule has 5 nitrogen and oxygen atoms in total. The molecule has 0 aliphatic carbocycles. The first kappa shape index (κ1) is 10.9. The zero-order valence-electron chi connectivity index (χ0n) is 9.71. The lowest BCUT2D eigenvalue weighted by Crippen LogP contribution is -2.02. The van der Waals surface area contributed by atoms with E-state index in [1.54, 1.807) is 6.20 Å². The lowest BCUT2D eigenvalue weighted by molar-refractivity contribution is 0.507. The number of rotatable bonds is 3. The standard InChI is InChI=1S/C13H12N4O/c14-7-6-12-16-17-13(18-12)10-3-1-5-11-9(10)4-2-8-15-11/h1-5,8H,6-7,14H2. The maximum atomic E-state index is 5.59. The summed E-state index contributed by atoms with van der Waals surface area (Å²) >= 11 is 0. The van der Waals surface area contributed by atoms with E-state index in [-0.39, 0.29) is 0 Å². The Hall–Kier alpha value is -2.27. The van der Waals surface area contributed by atoms with Crippen molar-refractivity contribution in [3.63, 3.8) is 0 Å². The second-order valence-electron chi connectivity index (χ2n) is 3.92. The number of pyridine rings is 1. The van der Waals surface area contributed by atoms with Crippen LogP contribution >= 0.6 is 0 Å². The van der Waals surface area contributed by atoms with Crippen LogP contribution in [0.5, 0.6) is 0 Å². The highest BCUT2D eigenvalue weighted by Gasteiger charge is 2.11. The van der Waals surface area contributed by atoms with Gasteiger partial charge in [-0.3, -0.25) is 4.98 Å². The van der Waals surface area contributed by atoms with E-state index in [1.807, 2.05) is 30.3 Å². The van der Waals surface area contributed by atoms with E-state index in [9.17, 15) is 0 Å². The fourth-order valence-corrected chi connectivity index (χ4v) is 1.88. The molecule has 0 saturated heterocycles. The van der Waals surface area contributed by atoms with E-state index in [0.717, 1.165) is 16.5 Å². The Morgan fingerprint density at radius 1 is 1.11 bits per heavy atom. The molecule has 2 heterocycles. The summed E-state index contributed by atoms with van der Waals surface area (Å²) in [5, 5.41) is 9.03. The monoisotopic (exact) mass is 240 g/mol. The molecule has 0 aliphatic rings. The Balaban J connectivity index is 2.12. The van der Waals surface area contributed by atoms with E-state index in [4.69, 9.17) is 10.2 Å². The zero-order valence-corrected chi connectivity index (χ0v) is 9.71. The molecule has 2 N–H and O–H groups in total. The van der Waals surface area contributed by atoms with Crippen molar-refractivity contribution in [3.05, 3.63) is 42.4 Å². The van der Waals surface area contributed by atoms with E-state index >= 15 is 0 Å². The van der Waals surface area contributed by atoms with Gasteiger partial charge < -0.3 is 10.2 Å². The lowest BCUT2D eigenvalue weighted by atomic mass is 10.1. The first-order valence-electron chi connectivity index (χ1n) is 5.75. The summed E-state index contributed by atoms with van der Waals surface area (Å²) in [6, 6.07) is 9.71. The number of benzene rings is 1. The zero-order chi connectivity index (χ0) is 12.4. The second-order valence-corrected chi connectivity index (χ2v) is 3.92. The van der Waals surface area contributed by atoms with Gasteiger partial charge in [-0.2, -0.15) is 0 Å².